The number of hydrogen-bond donors (Lipinski definition) is 16. The second kappa shape index (κ2) is 61.4. The van der Waals surface area contributed by atoms with Gasteiger partial charge in [0.2, 0.25) is 70.9 Å². The number of likely N-dealkylation sites (tertiary alicyclic amines) is 1. The Kier molecular flexibility index (Phi) is 49.4. The Bertz CT molecular complexity index is 5430. The molecule has 16 N–H and O–H groups in total. The smallest absolute Gasteiger partial charge is 0.242 e. The second-order valence-corrected chi connectivity index (χ2v) is 45.5. The summed E-state index contributed by atoms with van der Waals surface area (Å²) in [6, 6.07) is 4.32. The molecule has 4 fully saturated rings. The average Bonchev–Trinajstić information content (AvgIpc) is 1.64. The zero-order valence-electron chi connectivity index (χ0n) is 86.3. The van der Waals surface area contributed by atoms with E-state index in [1.807, 2.05) is 59.4 Å². The Morgan fingerprint density at radius 3 is 1.75 bits per heavy atom. The number of nitrogens with zero attached hydrogens (tertiary/aromatic N) is 6. The number of ether oxygens (including phenoxy) is 3. The van der Waals surface area contributed by atoms with Crippen LogP contribution >= 0.6 is 35.1 Å². The molecule has 5 aromatic rings. The summed E-state index contributed by atoms with van der Waals surface area (Å²) in [5.41, 5.74) is 1.77. The molecule has 5 aliphatic rings. The topological polar surface area (TPSA) is 608 Å². The van der Waals surface area contributed by atoms with Gasteiger partial charge in [0, 0.05) is 127 Å². The number of fused-ring (bicyclic) bond motifs is 11. The third-order valence-corrected chi connectivity index (χ3v) is 32.1. The number of nitrogens with one attached hydrogen (secondary N) is 14. The van der Waals surface area contributed by atoms with Gasteiger partial charge in [-0.25, -0.2) is 0 Å². The van der Waals surface area contributed by atoms with Gasteiger partial charge in [0.15, 0.2) is 0 Å². The third kappa shape index (κ3) is 40.4. The van der Waals surface area contributed by atoms with Crippen LogP contribution in [0.3, 0.4) is 0 Å². The van der Waals surface area contributed by atoms with E-state index in [1.54, 1.807) is 74.8 Å². The summed E-state index contributed by atoms with van der Waals surface area (Å²) in [4.78, 5) is 272. The van der Waals surface area contributed by atoms with Crippen molar-refractivity contribution in [1.29, 1.82) is 0 Å². The summed E-state index contributed by atoms with van der Waals surface area (Å²) in [7, 11) is 0. The Balaban J connectivity index is 0.729. The van der Waals surface area contributed by atoms with Crippen molar-refractivity contribution in [2.24, 2.45) is 17.8 Å². The number of aliphatic carboxylic acids is 2. The number of pyridine rings is 1. The number of hydrogen-bond acceptors (Lipinski definition) is 31. The van der Waals surface area contributed by atoms with Gasteiger partial charge in [-0.1, -0.05) is 83.8 Å². The van der Waals surface area contributed by atoms with E-state index in [2.05, 4.69) is 73.8 Å². The SMILES string of the molecule is CC[C@H](C)[C@@H]1NC(=O)[C@H](CC(C)C)NC(=O)C(C)(C)NC(=O)[C@@H](NC(=O)[C@@H](CC(C)C)NC(=O)[C@H](CCC(=O)O)NC(=O)[C@@H]2CCCN2C(=O)[C@H](Cc2c[nH]c3ccc(Cl)cc23)NC(=O)[C@H](Cc2c[nH]c3ccccc23)NC(=O)[C@H](CC(=O)O)NC(=O)CCC(=O)NCCCOCCOCCOCCCNC(=O)CN2CCN3CCN4CCN(CC2)CC(=O)[O][In]([O]C(=O)C3)[O]C(=O)C4)CSCc2cccc(n2)CSCCNC1=O. The van der Waals surface area contributed by atoms with Crippen LogP contribution in [-0.2, 0) is 133 Å². The van der Waals surface area contributed by atoms with Gasteiger partial charge in [0.1, 0.15) is 59.9 Å². The van der Waals surface area contributed by atoms with Gasteiger partial charge in [-0.15, -0.1) is 0 Å². The van der Waals surface area contributed by atoms with Gasteiger partial charge in [-0.3, -0.25) is 72.1 Å². The first-order valence-corrected chi connectivity index (χ1v) is 57.9. The fourth-order valence-electron chi connectivity index (χ4n) is 17.5. The van der Waals surface area contributed by atoms with Crippen LogP contribution in [0.4, 0.5) is 0 Å². The van der Waals surface area contributed by atoms with E-state index in [0.717, 1.165) is 5.69 Å². The number of carboxylic acids is 2. The van der Waals surface area contributed by atoms with Gasteiger partial charge < -0.3 is 97.8 Å². The molecule has 0 aliphatic carbocycles. The van der Waals surface area contributed by atoms with Crippen molar-refractivity contribution in [2.75, 3.05) is 156 Å². The van der Waals surface area contributed by atoms with Crippen LogP contribution in [-0.4, -0.2) is 395 Å². The van der Waals surface area contributed by atoms with E-state index in [-0.39, 0.29) is 158 Å². The first kappa shape index (κ1) is 121. The monoisotopic (exact) mass is 2250 g/mol. The van der Waals surface area contributed by atoms with Crippen LogP contribution in [0.25, 0.3) is 21.8 Å². The number of para-hydroxylation sites is 1. The van der Waals surface area contributed by atoms with Crippen molar-refractivity contribution >= 4 is 186 Å². The van der Waals surface area contributed by atoms with E-state index < -0.39 is 203 Å². The summed E-state index contributed by atoms with van der Waals surface area (Å²) < 4.78 is 33.3. The largest absolute Gasteiger partial charge is 0.353 e. The molecule has 3 aromatic heterocycles. The first-order valence-electron chi connectivity index (χ1n) is 51.1. The van der Waals surface area contributed by atoms with Crippen molar-refractivity contribution in [2.45, 2.75) is 217 Å². The molecule has 10 rings (SSSR count). The summed E-state index contributed by atoms with van der Waals surface area (Å²) in [6.45, 7) is 19.6. The molecular weight excluding hydrogens is 2110 g/mol. The molecule has 5 aliphatic heterocycles. The predicted octanol–water partition coefficient (Wildman–Crippen LogP) is 0.727. The molecule has 150 heavy (non-hydrogen) atoms. The number of amides is 13. The molecule has 8 heterocycles. The molecular formula is C100H144ClInN20O26S2. The molecule has 12 atom stereocenters. The Hall–Kier alpha value is -11.3. The summed E-state index contributed by atoms with van der Waals surface area (Å²) >= 11 is 5.05. The van der Waals surface area contributed by atoms with E-state index in [1.165, 1.54) is 42.3 Å². The zero-order valence-corrected chi connectivity index (χ0v) is 92.0. The van der Waals surface area contributed by atoms with Gasteiger partial charge in [-0.05, 0) is 118 Å². The first-order chi connectivity index (χ1) is 71.7. The molecule has 50 heteroatoms. The van der Waals surface area contributed by atoms with E-state index in [4.69, 9.17) is 39.4 Å². The van der Waals surface area contributed by atoms with Gasteiger partial charge >= 0.3 is 203 Å². The average molecular weight is 2260 g/mol. The number of carbonyl (C=O) groups is 18. The van der Waals surface area contributed by atoms with Crippen LogP contribution in [0.2, 0.25) is 5.02 Å². The maximum atomic E-state index is 15.7. The van der Waals surface area contributed by atoms with Crippen LogP contribution in [0.5, 0.6) is 0 Å². The molecule has 0 saturated carbocycles. The number of carboxylic acid groups (broad SMARTS) is 2. The number of H-pyrrole nitrogens is 2. The molecule has 4 saturated heterocycles. The van der Waals surface area contributed by atoms with Gasteiger partial charge in [0.25, 0.3) is 0 Å². The van der Waals surface area contributed by atoms with Crippen molar-refractivity contribution < 1.29 is 119 Å². The molecule has 6 bridgehead atoms. The molecule has 2 unspecified atom stereocenters. The molecule has 46 nitrogen and oxygen atoms in total. The Morgan fingerprint density at radius 2 is 1.13 bits per heavy atom. The number of thioether (sulfide) groups is 2. The molecule has 13 amide bonds. The molecule has 0 radical (unpaired) electrons. The third-order valence-electron chi connectivity index (χ3n) is 25.9. The van der Waals surface area contributed by atoms with E-state index >= 15 is 19.2 Å². The number of rotatable bonds is 46. The normalized spacial score (nSPS) is 20.8. The standard InChI is InChI=1S/C100H147ClN20O26S2.In/c1-9-63(6)89-97(142)104-29-45-148-58-67-16-12-17-68(107-67)59-149-60-79(95(140)116-100(7,8)99(144)114-75(47-62(4)5)94(139)115-89)113-91(136)74(46-61(2)3)110-90(135)73(23-26-84(125)126)109-96(141)80-20-13-30-121(80)98(143)78(49-65-53-106-72-22-21-66(101)50-70(65)72)112-92(137)76(48-64-52-105-71-19-11-10-18-69(64)71)111-93(138)77(51-85(127)128)108-82(123)25-24-81(122)102-27-14-39-145-41-43-147-44-42-146-40-15-28-103-83(124)54-117-31-33-118(55-86(129)130)35-37-120(57-88(133)134)38-36-119(34-32-117)56-87(131)132;/h10-12,16-19,21-22,50,52-53,61-63,73-80,89,105-106H,9,13-15,20,23-49,51,54-60H2,1-8H3,(H,102,122)(H,103,124)(H,104,142)(H,108,123)(H,109,141)(H,110,135)(H,111,138)(H,112,137)(H,113,136)(H,114,144)(H,115,139)(H,116,140)(H,125,126)(H,127,128)(H,129,130)(H,131,132)(H,133,134);/q;+3/p-3/t63-,73-,74+,75-,76-,77-,78-,79-,80-,89-;/m0./s1. The number of benzene rings is 2. The zero-order chi connectivity index (χ0) is 109. The molecule has 2 aromatic carbocycles. The van der Waals surface area contributed by atoms with Crippen molar-refractivity contribution in [3.8, 4) is 0 Å². The van der Waals surface area contributed by atoms with Gasteiger partial charge in [-0.2, -0.15) is 23.5 Å². The number of carbonyl (C=O) groups excluding carboxylic acids is 16. The minimum atomic E-state index is -4.27. The van der Waals surface area contributed by atoms with Gasteiger partial charge in [0.05, 0.1) is 44.2 Å². The second-order valence-electron chi connectivity index (χ2n) is 39.3. The quantitative estimate of drug-likeness (QED) is 0.0239. The van der Waals surface area contributed by atoms with E-state index in [0.29, 0.717) is 146 Å². The van der Waals surface area contributed by atoms with Crippen molar-refractivity contribution in [3.63, 3.8) is 0 Å². The van der Waals surface area contributed by atoms with Crippen LogP contribution < -0.4 is 63.8 Å². The number of aromatic nitrogens is 3. The van der Waals surface area contributed by atoms with Crippen LogP contribution in [0.15, 0.2) is 73.1 Å². The molecule has 822 valence electrons. The predicted molar refractivity (Wildman–Crippen MR) is 555 cm³/mol. The fourth-order valence-corrected chi connectivity index (χ4v) is 22.3. The Labute approximate surface area is 894 Å². The van der Waals surface area contributed by atoms with Crippen LogP contribution in [0.1, 0.15) is 155 Å². The van der Waals surface area contributed by atoms with Crippen molar-refractivity contribution in [1.82, 2.24) is 103 Å². The summed E-state index contributed by atoms with van der Waals surface area (Å²) in [5.74, 6) is -14.4. The number of aromatic amines is 2. The van der Waals surface area contributed by atoms with E-state index in [9.17, 15) is 77.3 Å². The minimum Gasteiger partial charge on any atom is -0.353 e. The summed E-state index contributed by atoms with van der Waals surface area (Å²) in [6.07, 6.45) is 1.23. The maximum absolute atomic E-state index is 15.7. The Morgan fingerprint density at radius 1 is 0.573 bits per heavy atom. The fraction of sp³-hybridized carbons (Fsp3) is 0.610. The maximum Gasteiger partial charge on any atom is 0.242 e. The minimum absolute atomic E-state index is 0.0174. The number of halogens is 1. The van der Waals surface area contributed by atoms with Crippen LogP contribution in [0, 0.1) is 17.8 Å². The summed E-state index contributed by atoms with van der Waals surface area (Å²) in [5, 5.41) is 54.8. The molecule has 0 spiro atoms. The van der Waals surface area contributed by atoms with Crippen molar-refractivity contribution in [3.05, 3.63) is 101 Å².